The highest BCUT2D eigenvalue weighted by molar-refractivity contribution is 5.85. The molecule has 1 amide bonds. The maximum atomic E-state index is 12.4. The van der Waals surface area contributed by atoms with Crippen LogP contribution in [0.25, 0.3) is 0 Å². The predicted molar refractivity (Wildman–Crippen MR) is 74.0 cm³/mol. The van der Waals surface area contributed by atoms with Crippen molar-refractivity contribution < 1.29 is 9.53 Å². The fourth-order valence-corrected chi connectivity index (χ4v) is 2.74. The van der Waals surface area contributed by atoms with Gasteiger partial charge in [0.15, 0.2) is 0 Å². The number of hydrogen-bond donors (Lipinski definition) is 1. The average molecular weight is 277 g/mol. The summed E-state index contributed by atoms with van der Waals surface area (Å²) in [6, 6.07) is -0.144. The Morgan fingerprint density at radius 1 is 1.44 bits per heavy atom. The molecule has 0 radical (unpaired) electrons. The summed E-state index contributed by atoms with van der Waals surface area (Å²) in [7, 11) is 0. The summed E-state index contributed by atoms with van der Waals surface area (Å²) in [5.74, 6) is 1.56. The summed E-state index contributed by atoms with van der Waals surface area (Å²) in [5, 5.41) is 3.27. The van der Waals surface area contributed by atoms with E-state index < -0.39 is 0 Å². The lowest BCUT2D eigenvalue weighted by molar-refractivity contribution is -0.138. The van der Waals surface area contributed by atoms with Gasteiger partial charge in [-0.2, -0.15) is 0 Å². The van der Waals surface area contributed by atoms with Gasteiger partial charge < -0.3 is 15.0 Å². The van der Waals surface area contributed by atoms with E-state index in [-0.39, 0.29) is 30.5 Å². The molecule has 1 unspecified atom stereocenters. The van der Waals surface area contributed by atoms with Crippen molar-refractivity contribution in [2.45, 2.75) is 39.3 Å². The van der Waals surface area contributed by atoms with E-state index >= 15 is 0 Å². The molecule has 0 aromatic heterocycles. The van der Waals surface area contributed by atoms with Crippen molar-refractivity contribution in [2.24, 2.45) is 11.8 Å². The van der Waals surface area contributed by atoms with E-state index in [0.29, 0.717) is 18.4 Å². The Morgan fingerprint density at radius 2 is 2.17 bits per heavy atom. The number of likely N-dealkylation sites (tertiary alicyclic amines) is 1. The number of rotatable bonds is 2. The van der Waals surface area contributed by atoms with E-state index in [1.165, 1.54) is 0 Å². The molecule has 2 aliphatic rings. The molecule has 4 nitrogen and oxygen atoms in total. The summed E-state index contributed by atoms with van der Waals surface area (Å²) < 4.78 is 5.54. The smallest absolute Gasteiger partial charge is 0.242 e. The molecule has 0 saturated carbocycles. The molecule has 2 aliphatic heterocycles. The number of carbonyl (C=O) groups excluding carboxylic acids is 1. The van der Waals surface area contributed by atoms with E-state index in [4.69, 9.17) is 4.74 Å². The van der Waals surface area contributed by atoms with Gasteiger partial charge in [0.1, 0.15) is 6.04 Å². The number of morpholine rings is 1. The highest BCUT2D eigenvalue weighted by Crippen LogP contribution is 2.24. The quantitative estimate of drug-likeness (QED) is 0.826. The van der Waals surface area contributed by atoms with Gasteiger partial charge in [0.25, 0.3) is 0 Å². The Morgan fingerprint density at radius 3 is 2.72 bits per heavy atom. The number of nitrogens with zero attached hydrogens (tertiary/aromatic N) is 1. The number of hydrogen-bond acceptors (Lipinski definition) is 3. The number of halogens is 1. The normalized spacial score (nSPS) is 32.4. The molecule has 106 valence electrons. The van der Waals surface area contributed by atoms with Gasteiger partial charge in [0.05, 0.1) is 12.7 Å². The molecule has 2 fully saturated rings. The maximum absolute atomic E-state index is 12.4. The summed E-state index contributed by atoms with van der Waals surface area (Å²) >= 11 is 0. The Hall–Kier alpha value is -0.320. The van der Waals surface area contributed by atoms with Crippen molar-refractivity contribution in [3.63, 3.8) is 0 Å². The third-order valence-electron chi connectivity index (χ3n) is 4.06. The van der Waals surface area contributed by atoms with Crippen LogP contribution in [0, 0.1) is 11.8 Å². The zero-order valence-electron chi connectivity index (χ0n) is 11.5. The molecule has 2 rings (SSSR count). The molecule has 3 atom stereocenters. The van der Waals surface area contributed by atoms with Gasteiger partial charge in [-0.1, -0.05) is 13.8 Å². The first kappa shape index (κ1) is 15.7. The van der Waals surface area contributed by atoms with Gasteiger partial charge in [-0.25, -0.2) is 0 Å². The van der Waals surface area contributed by atoms with E-state index in [2.05, 4.69) is 19.2 Å². The zero-order chi connectivity index (χ0) is 12.4. The summed E-state index contributed by atoms with van der Waals surface area (Å²) in [6.45, 7) is 9.77. The van der Waals surface area contributed by atoms with Gasteiger partial charge in [0.2, 0.25) is 5.91 Å². The topological polar surface area (TPSA) is 41.6 Å². The van der Waals surface area contributed by atoms with E-state index in [1.54, 1.807) is 0 Å². The minimum absolute atomic E-state index is 0. The maximum Gasteiger partial charge on any atom is 0.242 e. The first-order valence-corrected chi connectivity index (χ1v) is 6.73. The van der Waals surface area contributed by atoms with Crippen molar-refractivity contribution in [1.29, 1.82) is 0 Å². The summed E-state index contributed by atoms with van der Waals surface area (Å²) in [6.07, 6.45) is 1.14. The molecule has 0 bridgehead atoms. The molecule has 18 heavy (non-hydrogen) atoms. The van der Waals surface area contributed by atoms with Crippen LogP contribution >= 0.6 is 12.4 Å². The molecule has 0 aliphatic carbocycles. The standard InChI is InChI=1S/C13H24N2O2.ClH/c1-9(2)11-4-6-15(8-11)13(16)12-10(3)17-7-5-14-12;/h9-12,14H,4-8H2,1-3H3;1H/t10-,11?,12+;/m1./s1. The molecule has 0 aromatic rings. The van der Waals surface area contributed by atoms with Crippen molar-refractivity contribution >= 4 is 18.3 Å². The van der Waals surface area contributed by atoms with E-state index in [1.807, 2.05) is 11.8 Å². The predicted octanol–water partition coefficient (Wildman–Crippen LogP) is 1.29. The lowest BCUT2D eigenvalue weighted by Crippen LogP contribution is -2.56. The molecule has 2 heterocycles. The second kappa shape index (κ2) is 6.73. The van der Waals surface area contributed by atoms with Crippen LogP contribution in [-0.2, 0) is 9.53 Å². The first-order valence-electron chi connectivity index (χ1n) is 6.73. The molecular formula is C13H25ClN2O2. The second-order valence-corrected chi connectivity index (χ2v) is 5.58. The lowest BCUT2D eigenvalue weighted by atomic mass is 9.95. The summed E-state index contributed by atoms with van der Waals surface area (Å²) in [4.78, 5) is 14.4. The highest BCUT2D eigenvalue weighted by atomic mass is 35.5. The number of carbonyl (C=O) groups is 1. The van der Waals surface area contributed by atoms with Crippen LogP contribution in [0.5, 0.6) is 0 Å². The number of amides is 1. The number of nitrogens with one attached hydrogen (secondary N) is 1. The SMILES string of the molecule is CC(C)C1CCN(C(=O)[C@H]2NCCO[C@@H]2C)C1.Cl. The van der Waals surface area contributed by atoms with E-state index in [9.17, 15) is 4.79 Å². The van der Waals surface area contributed by atoms with Crippen molar-refractivity contribution in [2.75, 3.05) is 26.2 Å². The largest absolute Gasteiger partial charge is 0.375 e. The van der Waals surface area contributed by atoms with Crippen LogP contribution in [-0.4, -0.2) is 49.2 Å². The molecule has 0 spiro atoms. The van der Waals surface area contributed by atoms with Crippen molar-refractivity contribution in [3.8, 4) is 0 Å². The summed E-state index contributed by atoms with van der Waals surface area (Å²) in [5.41, 5.74) is 0. The lowest BCUT2D eigenvalue weighted by Gasteiger charge is -2.32. The van der Waals surface area contributed by atoms with Gasteiger partial charge in [-0.05, 0) is 25.2 Å². The zero-order valence-corrected chi connectivity index (χ0v) is 12.3. The van der Waals surface area contributed by atoms with Crippen LogP contribution in [0.2, 0.25) is 0 Å². The fourth-order valence-electron chi connectivity index (χ4n) is 2.74. The second-order valence-electron chi connectivity index (χ2n) is 5.58. The monoisotopic (exact) mass is 276 g/mol. The molecular weight excluding hydrogens is 252 g/mol. The van der Waals surface area contributed by atoms with E-state index in [0.717, 1.165) is 26.1 Å². The third-order valence-corrected chi connectivity index (χ3v) is 4.06. The number of ether oxygens (including phenoxy) is 1. The Kier molecular flexibility index (Phi) is 5.89. The highest BCUT2D eigenvalue weighted by Gasteiger charge is 2.35. The van der Waals surface area contributed by atoms with Gasteiger partial charge >= 0.3 is 0 Å². The van der Waals surface area contributed by atoms with Crippen molar-refractivity contribution in [1.82, 2.24) is 10.2 Å². The van der Waals surface area contributed by atoms with Crippen molar-refractivity contribution in [3.05, 3.63) is 0 Å². The minimum Gasteiger partial charge on any atom is -0.375 e. The van der Waals surface area contributed by atoms with Gasteiger partial charge in [-0.15, -0.1) is 12.4 Å². The Balaban J connectivity index is 0.00000162. The third kappa shape index (κ3) is 3.37. The van der Waals surface area contributed by atoms with Crippen LogP contribution in [0.15, 0.2) is 0 Å². The van der Waals surface area contributed by atoms with Crippen LogP contribution in [0.4, 0.5) is 0 Å². The van der Waals surface area contributed by atoms with Crippen LogP contribution < -0.4 is 5.32 Å². The minimum atomic E-state index is -0.144. The van der Waals surface area contributed by atoms with Gasteiger partial charge in [0, 0.05) is 19.6 Å². The molecule has 0 aromatic carbocycles. The molecule has 5 heteroatoms. The first-order chi connectivity index (χ1) is 8.09. The van der Waals surface area contributed by atoms with Crippen LogP contribution in [0.3, 0.4) is 0 Å². The molecule has 1 N–H and O–H groups in total. The fraction of sp³-hybridized carbons (Fsp3) is 0.923. The molecule has 2 saturated heterocycles. The Labute approximate surface area is 116 Å². The Bertz CT molecular complexity index is 286. The van der Waals surface area contributed by atoms with Gasteiger partial charge in [-0.3, -0.25) is 4.79 Å². The van der Waals surface area contributed by atoms with Crippen LogP contribution in [0.1, 0.15) is 27.2 Å². The average Bonchev–Trinajstić information content (AvgIpc) is 2.78.